The number of nitrogens with zero attached hydrogens (tertiary/aromatic N) is 2. The van der Waals surface area contributed by atoms with Crippen LogP contribution in [0.5, 0.6) is 17.2 Å². The Kier molecular flexibility index (Phi) is 4.38. The number of aromatic carboxylic acids is 2. The maximum atomic E-state index is 11.6. The van der Waals surface area contributed by atoms with E-state index in [0.717, 1.165) is 0 Å². The lowest BCUT2D eigenvalue weighted by atomic mass is 9.98. The molecule has 0 aromatic heterocycles. The minimum Gasteiger partial charge on any atom is -0.506 e. The molecule has 1 rings (SSSR count). The standard InChI is InChI=1S/C9H8N2O11/c12-4-2(8(16)17)1(7(15)10(20)11(21)22)5(13)6(14)3(4)9(18)19/h12-14,20-22H,(H,16,17)(H,18,19). The summed E-state index contributed by atoms with van der Waals surface area (Å²) in [4.78, 5) is 33.5. The number of benzene rings is 1. The Morgan fingerprint density at radius 1 is 0.682 bits per heavy atom. The highest BCUT2D eigenvalue weighted by atomic mass is 16.9. The van der Waals surface area contributed by atoms with E-state index in [1.54, 1.807) is 0 Å². The van der Waals surface area contributed by atoms with Gasteiger partial charge in [-0.15, -0.1) is 0 Å². The minimum atomic E-state index is -2.12. The topological polar surface area (TPSA) is 220 Å². The molecule has 0 atom stereocenters. The van der Waals surface area contributed by atoms with E-state index in [1.165, 1.54) is 0 Å². The van der Waals surface area contributed by atoms with Crippen molar-refractivity contribution in [1.82, 2.24) is 10.5 Å². The Bertz CT molecular complexity index is 668. The number of carboxylic acid groups (broad SMARTS) is 2. The largest absolute Gasteiger partial charge is 0.506 e. The van der Waals surface area contributed by atoms with Gasteiger partial charge in [0.2, 0.25) is 0 Å². The lowest BCUT2D eigenvalue weighted by Crippen LogP contribution is -2.40. The van der Waals surface area contributed by atoms with E-state index >= 15 is 0 Å². The fourth-order valence-electron chi connectivity index (χ4n) is 1.51. The van der Waals surface area contributed by atoms with Crippen molar-refractivity contribution in [2.24, 2.45) is 0 Å². The highest BCUT2D eigenvalue weighted by Gasteiger charge is 2.36. The molecule has 0 unspecified atom stereocenters. The first-order valence-corrected chi connectivity index (χ1v) is 5.00. The van der Waals surface area contributed by atoms with Crippen LogP contribution in [0.25, 0.3) is 0 Å². The number of carbonyl (C=O) groups excluding carboxylic acids is 1. The van der Waals surface area contributed by atoms with E-state index in [0.29, 0.717) is 0 Å². The summed E-state index contributed by atoms with van der Waals surface area (Å²) in [5.74, 6) is -11.0. The van der Waals surface area contributed by atoms with Gasteiger partial charge in [-0.2, -0.15) is 0 Å². The summed E-state index contributed by atoms with van der Waals surface area (Å²) >= 11 is 0. The van der Waals surface area contributed by atoms with Crippen LogP contribution in [0, 0.1) is 0 Å². The summed E-state index contributed by atoms with van der Waals surface area (Å²) in [6, 6.07) is 0. The molecule has 0 saturated heterocycles. The van der Waals surface area contributed by atoms with Gasteiger partial charge in [0.15, 0.2) is 11.5 Å². The summed E-state index contributed by atoms with van der Waals surface area (Å²) in [6.45, 7) is 0. The third-order valence-corrected chi connectivity index (χ3v) is 2.41. The van der Waals surface area contributed by atoms with E-state index < -0.39 is 62.3 Å². The van der Waals surface area contributed by atoms with Gasteiger partial charge in [0, 0.05) is 0 Å². The number of phenolic OH excluding ortho intramolecular Hbond substituents is 1. The molecule has 0 bridgehead atoms. The van der Waals surface area contributed by atoms with Gasteiger partial charge in [-0.25, -0.2) is 9.59 Å². The zero-order valence-corrected chi connectivity index (χ0v) is 10.2. The first-order chi connectivity index (χ1) is 10.0. The highest BCUT2D eigenvalue weighted by molar-refractivity contribution is 6.12. The number of hydrogen-bond donors (Lipinski definition) is 8. The van der Waals surface area contributed by atoms with Gasteiger partial charge < -0.3 is 25.5 Å². The first-order valence-electron chi connectivity index (χ1n) is 5.00. The van der Waals surface area contributed by atoms with E-state index in [9.17, 15) is 29.7 Å². The number of aromatic hydroxyl groups is 3. The van der Waals surface area contributed by atoms with E-state index in [2.05, 4.69) is 0 Å². The molecular weight excluding hydrogens is 312 g/mol. The van der Waals surface area contributed by atoms with Crippen LogP contribution in [0.2, 0.25) is 0 Å². The average Bonchev–Trinajstić information content (AvgIpc) is 2.39. The highest BCUT2D eigenvalue weighted by Crippen LogP contribution is 2.42. The number of phenols is 3. The number of amides is 1. The van der Waals surface area contributed by atoms with Gasteiger partial charge in [0.25, 0.3) is 0 Å². The predicted octanol–water partition coefficient (Wildman–Crippen LogP) is -0.973. The van der Waals surface area contributed by atoms with Crippen LogP contribution in [0.15, 0.2) is 0 Å². The Morgan fingerprint density at radius 2 is 1.09 bits per heavy atom. The first kappa shape index (κ1) is 16.9. The number of rotatable bonds is 4. The molecular formula is C9H8N2O11. The zero-order chi connectivity index (χ0) is 17.4. The lowest BCUT2D eigenvalue weighted by molar-refractivity contribution is -0.469. The third kappa shape index (κ3) is 2.54. The van der Waals surface area contributed by atoms with E-state index in [1.807, 2.05) is 0 Å². The maximum Gasteiger partial charge on any atom is 0.343 e. The van der Waals surface area contributed by atoms with Gasteiger partial charge in [0.05, 0.1) is 5.34 Å². The Morgan fingerprint density at radius 3 is 1.45 bits per heavy atom. The maximum absolute atomic E-state index is 11.6. The summed E-state index contributed by atoms with van der Waals surface area (Å²) < 4.78 is 0. The minimum absolute atomic E-state index is 0.999. The van der Waals surface area contributed by atoms with Crippen molar-refractivity contribution in [2.75, 3.05) is 0 Å². The van der Waals surface area contributed by atoms with Gasteiger partial charge in [0.1, 0.15) is 22.4 Å². The quantitative estimate of drug-likeness (QED) is 0.145. The van der Waals surface area contributed by atoms with Crippen LogP contribution in [0.3, 0.4) is 0 Å². The van der Waals surface area contributed by atoms with Crippen LogP contribution >= 0.6 is 0 Å². The van der Waals surface area contributed by atoms with E-state index in [-0.39, 0.29) is 0 Å². The molecule has 13 nitrogen and oxygen atoms in total. The van der Waals surface area contributed by atoms with Crippen LogP contribution in [-0.2, 0) is 0 Å². The van der Waals surface area contributed by atoms with Gasteiger partial charge in [-0.05, 0) is 0 Å². The molecule has 1 aromatic carbocycles. The van der Waals surface area contributed by atoms with Gasteiger partial charge in [-0.3, -0.25) is 20.4 Å². The van der Waals surface area contributed by atoms with Crippen molar-refractivity contribution in [3.8, 4) is 17.2 Å². The number of hydrazine groups is 1. The van der Waals surface area contributed by atoms with Crippen molar-refractivity contribution in [1.29, 1.82) is 0 Å². The third-order valence-electron chi connectivity index (χ3n) is 2.41. The second-order valence-electron chi connectivity index (χ2n) is 3.64. The van der Waals surface area contributed by atoms with Crippen molar-refractivity contribution >= 4 is 17.8 Å². The molecule has 1 aromatic rings. The van der Waals surface area contributed by atoms with E-state index in [4.69, 9.17) is 25.8 Å². The number of carbonyl (C=O) groups is 3. The number of hydroxylamine groups is 1. The predicted molar refractivity (Wildman–Crippen MR) is 58.7 cm³/mol. The summed E-state index contributed by atoms with van der Waals surface area (Å²) in [5, 5.41) is 69.9. The molecule has 0 saturated carbocycles. The molecule has 0 spiro atoms. The van der Waals surface area contributed by atoms with Crippen molar-refractivity contribution in [3.05, 3.63) is 16.7 Å². The Balaban J connectivity index is 3.83. The second-order valence-corrected chi connectivity index (χ2v) is 3.64. The van der Waals surface area contributed by atoms with Crippen LogP contribution in [-0.4, -0.2) is 69.5 Å². The van der Waals surface area contributed by atoms with Crippen molar-refractivity contribution in [3.63, 3.8) is 0 Å². The summed E-state index contributed by atoms with van der Waals surface area (Å²) in [6.07, 6.45) is 0. The molecule has 0 heterocycles. The van der Waals surface area contributed by atoms with Crippen LogP contribution in [0.4, 0.5) is 0 Å². The molecule has 0 fully saturated rings. The molecule has 0 aliphatic carbocycles. The van der Waals surface area contributed by atoms with Gasteiger partial charge in [-0.1, -0.05) is 5.17 Å². The molecule has 8 N–H and O–H groups in total. The molecule has 0 radical (unpaired) electrons. The molecule has 1 amide bonds. The van der Waals surface area contributed by atoms with Crippen LogP contribution in [0.1, 0.15) is 31.1 Å². The number of carboxylic acids is 2. The molecule has 0 aliphatic heterocycles. The normalized spacial score (nSPS) is 10.5. The SMILES string of the molecule is O=C(O)c1c(O)c(O)c(C(=O)N(O)N(O)O)c(C(=O)O)c1O. The number of hydrogen-bond acceptors (Lipinski definition) is 10. The monoisotopic (exact) mass is 320 g/mol. The lowest BCUT2D eigenvalue weighted by Gasteiger charge is -2.19. The van der Waals surface area contributed by atoms with Crippen LogP contribution < -0.4 is 0 Å². The fourth-order valence-corrected chi connectivity index (χ4v) is 1.51. The fraction of sp³-hybridized carbons (Fsp3) is 0. The van der Waals surface area contributed by atoms with Crippen molar-refractivity contribution in [2.45, 2.75) is 0 Å². The molecule has 13 heteroatoms. The second kappa shape index (κ2) is 5.70. The summed E-state index contributed by atoms with van der Waals surface area (Å²) in [5.41, 5.74) is -4.41. The molecule has 22 heavy (non-hydrogen) atoms. The molecule has 120 valence electrons. The van der Waals surface area contributed by atoms with Gasteiger partial charge >= 0.3 is 17.8 Å². The summed E-state index contributed by atoms with van der Waals surface area (Å²) in [7, 11) is 0. The smallest absolute Gasteiger partial charge is 0.343 e. The average molecular weight is 320 g/mol. The molecule has 0 aliphatic rings. The Labute approximate surface area is 119 Å². The zero-order valence-electron chi connectivity index (χ0n) is 10.2. The Hall–Kier alpha value is -3.13. The van der Waals surface area contributed by atoms with Crippen molar-refractivity contribution < 1.29 is 55.5 Å².